The molecule has 34 heavy (non-hydrogen) atoms. The van der Waals surface area contributed by atoms with E-state index < -0.39 is 0 Å². The lowest BCUT2D eigenvalue weighted by Crippen LogP contribution is -2.50. The van der Waals surface area contributed by atoms with Crippen LogP contribution in [0.25, 0.3) is 0 Å². The number of benzene rings is 3. The Bertz CT molecular complexity index is 1120. The molecule has 0 spiro atoms. The van der Waals surface area contributed by atoms with Gasteiger partial charge >= 0.3 is 0 Å². The van der Waals surface area contributed by atoms with Crippen LogP contribution in [-0.2, 0) is 0 Å². The quantitative estimate of drug-likeness (QED) is 0.506. The summed E-state index contributed by atoms with van der Waals surface area (Å²) in [6.45, 7) is 2.33. The highest BCUT2D eigenvalue weighted by Gasteiger charge is 2.33. The predicted octanol–water partition coefficient (Wildman–Crippen LogP) is 4.18. The van der Waals surface area contributed by atoms with Crippen molar-refractivity contribution >= 4 is 17.3 Å². The first-order chi connectivity index (χ1) is 16.6. The molecular formula is C27H28ClN3O3. The fraction of sp³-hybridized carbons (Fsp3) is 0.296. The van der Waals surface area contributed by atoms with Crippen LogP contribution in [0.3, 0.4) is 0 Å². The Balaban J connectivity index is 1.62. The molecule has 7 heteroatoms. The SMILES string of the molecule is N#Cc1ccc([C@@H](CO)N2CCN(c3ccc(OCCO)cc3Cl)[C@H](c3ccccc3)C2)cc1. The van der Waals surface area contributed by atoms with Crippen molar-refractivity contribution in [2.75, 3.05) is 44.4 Å². The topological polar surface area (TPSA) is 80.0 Å². The molecule has 0 unspecified atom stereocenters. The third kappa shape index (κ3) is 5.35. The van der Waals surface area contributed by atoms with Crippen LogP contribution in [0.15, 0.2) is 72.8 Å². The molecular weight excluding hydrogens is 450 g/mol. The minimum Gasteiger partial charge on any atom is -0.491 e. The lowest BCUT2D eigenvalue weighted by Gasteiger charge is -2.46. The number of nitriles is 1. The summed E-state index contributed by atoms with van der Waals surface area (Å²) in [5.41, 5.74) is 3.68. The van der Waals surface area contributed by atoms with E-state index in [2.05, 4.69) is 28.0 Å². The summed E-state index contributed by atoms with van der Waals surface area (Å²) in [7, 11) is 0. The Hall–Kier alpha value is -3.08. The molecule has 3 aromatic rings. The molecule has 1 fully saturated rings. The number of piperazine rings is 1. The van der Waals surface area contributed by atoms with Crippen molar-refractivity contribution in [2.24, 2.45) is 0 Å². The van der Waals surface area contributed by atoms with Gasteiger partial charge in [-0.3, -0.25) is 4.90 Å². The molecule has 0 aliphatic carbocycles. The first-order valence-electron chi connectivity index (χ1n) is 11.3. The van der Waals surface area contributed by atoms with Crippen LogP contribution in [-0.4, -0.2) is 54.6 Å². The summed E-state index contributed by atoms with van der Waals surface area (Å²) >= 11 is 6.68. The van der Waals surface area contributed by atoms with Crippen molar-refractivity contribution in [1.82, 2.24) is 4.90 Å². The molecule has 4 rings (SSSR count). The first-order valence-corrected chi connectivity index (χ1v) is 11.7. The normalized spacial score (nSPS) is 17.2. The highest BCUT2D eigenvalue weighted by atomic mass is 35.5. The van der Waals surface area contributed by atoms with Gasteiger partial charge in [0.25, 0.3) is 0 Å². The van der Waals surface area contributed by atoms with Gasteiger partial charge in [0.05, 0.1) is 47.6 Å². The van der Waals surface area contributed by atoms with Gasteiger partial charge < -0.3 is 19.8 Å². The van der Waals surface area contributed by atoms with Gasteiger partial charge in [-0.05, 0) is 35.4 Å². The average molecular weight is 478 g/mol. The van der Waals surface area contributed by atoms with Crippen molar-refractivity contribution in [2.45, 2.75) is 12.1 Å². The molecule has 2 N–H and O–H groups in total. The van der Waals surface area contributed by atoms with Crippen LogP contribution >= 0.6 is 11.6 Å². The summed E-state index contributed by atoms with van der Waals surface area (Å²) in [6.07, 6.45) is 0. The molecule has 0 amide bonds. The van der Waals surface area contributed by atoms with Crippen molar-refractivity contribution in [1.29, 1.82) is 5.26 Å². The highest BCUT2D eigenvalue weighted by Crippen LogP contribution is 2.38. The largest absolute Gasteiger partial charge is 0.491 e. The van der Waals surface area contributed by atoms with Gasteiger partial charge in [-0.15, -0.1) is 0 Å². The summed E-state index contributed by atoms with van der Waals surface area (Å²) in [6, 6.07) is 25.4. The van der Waals surface area contributed by atoms with Gasteiger partial charge in [0.1, 0.15) is 12.4 Å². The molecule has 1 heterocycles. The van der Waals surface area contributed by atoms with E-state index in [0.29, 0.717) is 22.9 Å². The Labute approximate surface area is 205 Å². The number of halogens is 1. The fourth-order valence-electron chi connectivity index (χ4n) is 4.52. The second-order valence-corrected chi connectivity index (χ2v) is 8.64. The molecule has 0 radical (unpaired) electrons. The van der Waals surface area contributed by atoms with E-state index in [1.54, 1.807) is 18.2 Å². The number of anilines is 1. The number of aliphatic hydroxyl groups excluding tert-OH is 2. The molecule has 176 valence electrons. The number of rotatable bonds is 8. The number of hydrogen-bond donors (Lipinski definition) is 2. The van der Waals surface area contributed by atoms with Crippen molar-refractivity contribution in [3.05, 3.63) is 94.5 Å². The monoisotopic (exact) mass is 477 g/mol. The van der Waals surface area contributed by atoms with Gasteiger partial charge in [0, 0.05) is 25.7 Å². The number of aliphatic hydroxyl groups is 2. The van der Waals surface area contributed by atoms with Crippen LogP contribution < -0.4 is 9.64 Å². The molecule has 0 aromatic heterocycles. The van der Waals surface area contributed by atoms with Crippen LogP contribution in [0.1, 0.15) is 28.8 Å². The Morgan fingerprint density at radius 1 is 1.03 bits per heavy atom. The zero-order valence-corrected chi connectivity index (χ0v) is 19.6. The van der Waals surface area contributed by atoms with E-state index in [1.165, 1.54) is 5.56 Å². The van der Waals surface area contributed by atoms with Gasteiger partial charge in [-0.25, -0.2) is 0 Å². The minimum atomic E-state index is -0.161. The van der Waals surface area contributed by atoms with E-state index in [9.17, 15) is 5.11 Å². The van der Waals surface area contributed by atoms with Crippen LogP contribution in [0.5, 0.6) is 5.75 Å². The van der Waals surface area contributed by atoms with E-state index in [4.69, 9.17) is 26.7 Å². The predicted molar refractivity (Wildman–Crippen MR) is 133 cm³/mol. The minimum absolute atomic E-state index is 0.00887. The standard InChI is InChI=1S/C27H28ClN3O3/c28-24-16-23(34-15-14-32)10-11-25(24)31-13-12-30(18-26(31)21-4-2-1-3-5-21)27(19-33)22-8-6-20(17-29)7-9-22/h1-11,16,26-27,32-33H,12-15,18-19H2/t26-,27+/m0/s1. The van der Waals surface area contributed by atoms with Gasteiger partial charge in [-0.1, -0.05) is 54.1 Å². The Kier molecular flexibility index (Phi) is 8.04. The van der Waals surface area contributed by atoms with E-state index in [-0.39, 0.29) is 31.9 Å². The zero-order chi connectivity index (χ0) is 23.9. The van der Waals surface area contributed by atoms with Crippen LogP contribution in [0, 0.1) is 11.3 Å². The molecule has 1 saturated heterocycles. The van der Waals surface area contributed by atoms with E-state index in [0.717, 1.165) is 24.3 Å². The molecule has 0 saturated carbocycles. The maximum atomic E-state index is 10.3. The third-order valence-corrected chi connectivity index (χ3v) is 6.53. The Morgan fingerprint density at radius 3 is 2.44 bits per heavy atom. The van der Waals surface area contributed by atoms with E-state index >= 15 is 0 Å². The van der Waals surface area contributed by atoms with Gasteiger partial charge in [-0.2, -0.15) is 5.26 Å². The number of hydrogen-bond acceptors (Lipinski definition) is 6. The molecule has 0 bridgehead atoms. The smallest absolute Gasteiger partial charge is 0.121 e. The molecule has 2 atom stereocenters. The second kappa shape index (κ2) is 11.4. The summed E-state index contributed by atoms with van der Waals surface area (Å²) in [5, 5.41) is 29.0. The van der Waals surface area contributed by atoms with Crippen LogP contribution in [0.4, 0.5) is 5.69 Å². The highest BCUT2D eigenvalue weighted by molar-refractivity contribution is 6.33. The Morgan fingerprint density at radius 2 is 1.79 bits per heavy atom. The molecule has 3 aromatic carbocycles. The maximum Gasteiger partial charge on any atom is 0.121 e. The summed E-state index contributed by atoms with van der Waals surface area (Å²) in [5.74, 6) is 0.624. The first kappa shape index (κ1) is 24.1. The van der Waals surface area contributed by atoms with Gasteiger partial charge in [0.2, 0.25) is 0 Å². The van der Waals surface area contributed by atoms with E-state index in [1.807, 2.05) is 42.5 Å². The molecule has 6 nitrogen and oxygen atoms in total. The fourth-order valence-corrected chi connectivity index (χ4v) is 4.80. The summed E-state index contributed by atoms with van der Waals surface area (Å²) < 4.78 is 5.51. The lowest BCUT2D eigenvalue weighted by molar-refractivity contribution is 0.103. The second-order valence-electron chi connectivity index (χ2n) is 8.23. The van der Waals surface area contributed by atoms with Crippen LogP contribution in [0.2, 0.25) is 5.02 Å². The average Bonchev–Trinajstić information content (AvgIpc) is 2.89. The number of ether oxygens (including phenoxy) is 1. The molecule has 1 aliphatic heterocycles. The third-order valence-electron chi connectivity index (χ3n) is 6.22. The number of nitrogens with zero attached hydrogens (tertiary/aromatic N) is 3. The van der Waals surface area contributed by atoms with Crippen molar-refractivity contribution in [3.63, 3.8) is 0 Å². The lowest BCUT2D eigenvalue weighted by atomic mass is 9.97. The van der Waals surface area contributed by atoms with Gasteiger partial charge in [0.15, 0.2) is 0 Å². The zero-order valence-electron chi connectivity index (χ0n) is 18.8. The molecule has 1 aliphatic rings. The summed E-state index contributed by atoms with van der Waals surface area (Å²) in [4.78, 5) is 4.60. The van der Waals surface area contributed by atoms with Crippen molar-refractivity contribution in [3.8, 4) is 11.8 Å². The van der Waals surface area contributed by atoms with Crippen molar-refractivity contribution < 1.29 is 14.9 Å². The maximum absolute atomic E-state index is 10.3.